The quantitative estimate of drug-likeness (QED) is 0.526. The van der Waals surface area contributed by atoms with E-state index < -0.39 is 14.8 Å². The van der Waals surface area contributed by atoms with Crippen LogP contribution < -0.4 is 0 Å². The number of carboxylic acid groups (broad SMARTS) is 1. The summed E-state index contributed by atoms with van der Waals surface area (Å²) >= 11 is 0. The molecule has 0 aromatic carbocycles. The molecule has 6 nitrogen and oxygen atoms in total. The number of carboxylic acids is 1. The van der Waals surface area contributed by atoms with E-state index in [-0.39, 0.29) is 12.2 Å². The van der Waals surface area contributed by atoms with Gasteiger partial charge in [-0.3, -0.25) is 0 Å². The standard InChI is InChI=1S/C6H16O4Si.C4H6O2/c1-8-11(9-2,10-3)6-4-5-7;1-3(2)4(5)6/h7H,4-6H2,1-3H3;1H2,2H3,(H,5,6). The van der Waals surface area contributed by atoms with E-state index in [4.69, 9.17) is 23.5 Å². The maximum absolute atomic E-state index is 9.60. The SMILES string of the molecule is C=C(C)C(=O)O.CO[Si](CCCO)(OC)OC. The van der Waals surface area contributed by atoms with Crippen molar-refractivity contribution in [3.8, 4) is 0 Å². The average molecular weight is 266 g/mol. The van der Waals surface area contributed by atoms with Crippen LogP contribution in [0.3, 0.4) is 0 Å². The maximum Gasteiger partial charge on any atom is 0.500 e. The van der Waals surface area contributed by atoms with Gasteiger partial charge in [0.25, 0.3) is 0 Å². The molecule has 0 heterocycles. The number of carbonyl (C=O) groups is 1. The lowest BCUT2D eigenvalue weighted by atomic mass is 10.4. The van der Waals surface area contributed by atoms with Gasteiger partial charge in [0.1, 0.15) is 0 Å². The molecule has 17 heavy (non-hydrogen) atoms. The summed E-state index contributed by atoms with van der Waals surface area (Å²) in [7, 11) is 2.30. The molecule has 0 saturated carbocycles. The molecule has 0 aliphatic heterocycles. The largest absolute Gasteiger partial charge is 0.500 e. The molecule has 102 valence electrons. The van der Waals surface area contributed by atoms with Crippen molar-refractivity contribution in [2.45, 2.75) is 19.4 Å². The van der Waals surface area contributed by atoms with Crippen molar-refractivity contribution in [1.82, 2.24) is 0 Å². The van der Waals surface area contributed by atoms with Gasteiger partial charge in [-0.15, -0.1) is 0 Å². The molecule has 0 radical (unpaired) electrons. The Morgan fingerprint density at radius 1 is 1.24 bits per heavy atom. The van der Waals surface area contributed by atoms with Crippen LogP contribution in [0.5, 0.6) is 0 Å². The van der Waals surface area contributed by atoms with Crippen molar-refractivity contribution in [1.29, 1.82) is 0 Å². The molecule has 2 N–H and O–H groups in total. The Hall–Kier alpha value is -0.733. The molecule has 0 aromatic rings. The fourth-order valence-electron chi connectivity index (χ4n) is 0.852. The van der Waals surface area contributed by atoms with Gasteiger partial charge in [-0.2, -0.15) is 0 Å². The van der Waals surface area contributed by atoms with Gasteiger partial charge in [-0.05, 0) is 13.3 Å². The third-order valence-corrected chi connectivity index (χ3v) is 4.77. The van der Waals surface area contributed by atoms with Gasteiger partial charge in [0.2, 0.25) is 0 Å². The zero-order valence-electron chi connectivity index (χ0n) is 10.9. The van der Waals surface area contributed by atoms with Crippen molar-refractivity contribution in [2.24, 2.45) is 0 Å². The number of aliphatic hydroxyl groups is 1. The Labute approximate surface area is 103 Å². The zero-order valence-corrected chi connectivity index (χ0v) is 11.9. The summed E-state index contributed by atoms with van der Waals surface area (Å²) in [4.78, 5) is 9.60. The molecule has 0 bridgehead atoms. The lowest BCUT2D eigenvalue weighted by Crippen LogP contribution is -2.42. The molecule has 0 spiro atoms. The van der Waals surface area contributed by atoms with Crippen LogP contribution in [0, 0.1) is 0 Å². The highest BCUT2D eigenvalue weighted by molar-refractivity contribution is 6.60. The lowest BCUT2D eigenvalue weighted by molar-refractivity contribution is -0.132. The third kappa shape index (κ3) is 9.01. The highest BCUT2D eigenvalue weighted by Gasteiger charge is 2.36. The Balaban J connectivity index is 0. The molecule has 0 unspecified atom stereocenters. The van der Waals surface area contributed by atoms with Gasteiger partial charge in [0, 0.05) is 39.6 Å². The summed E-state index contributed by atoms with van der Waals surface area (Å²) in [6.45, 7) is 4.75. The second-order valence-electron chi connectivity index (χ2n) is 3.21. The number of aliphatic hydroxyl groups excluding tert-OH is 1. The topological polar surface area (TPSA) is 85.2 Å². The van der Waals surface area contributed by atoms with E-state index >= 15 is 0 Å². The van der Waals surface area contributed by atoms with Gasteiger partial charge < -0.3 is 23.5 Å². The second kappa shape index (κ2) is 10.4. The van der Waals surface area contributed by atoms with Crippen LogP contribution in [-0.2, 0) is 18.1 Å². The summed E-state index contributed by atoms with van der Waals surface area (Å²) in [5.74, 6) is -0.935. The molecular formula is C10H22O6Si. The Kier molecular flexibility index (Phi) is 11.4. The molecule has 0 atom stereocenters. The van der Waals surface area contributed by atoms with Crippen LogP contribution in [-0.4, -0.2) is 52.9 Å². The highest BCUT2D eigenvalue weighted by Crippen LogP contribution is 2.13. The van der Waals surface area contributed by atoms with E-state index in [0.29, 0.717) is 12.5 Å². The van der Waals surface area contributed by atoms with Gasteiger partial charge in [-0.25, -0.2) is 4.79 Å². The van der Waals surface area contributed by atoms with E-state index in [9.17, 15) is 4.79 Å². The van der Waals surface area contributed by atoms with Crippen molar-refractivity contribution < 1.29 is 28.3 Å². The van der Waals surface area contributed by atoms with Crippen LogP contribution in [0.2, 0.25) is 6.04 Å². The first-order chi connectivity index (χ1) is 7.89. The summed E-state index contributed by atoms with van der Waals surface area (Å²) in [5.41, 5.74) is 0.176. The molecule has 0 aromatic heterocycles. The van der Waals surface area contributed by atoms with Gasteiger partial charge in [0.05, 0.1) is 0 Å². The van der Waals surface area contributed by atoms with E-state index in [1.807, 2.05) is 0 Å². The fourth-order valence-corrected chi connectivity index (χ4v) is 2.56. The number of rotatable bonds is 7. The van der Waals surface area contributed by atoms with Crippen molar-refractivity contribution in [3.05, 3.63) is 12.2 Å². The van der Waals surface area contributed by atoms with Crippen LogP contribution in [0.4, 0.5) is 0 Å². The summed E-state index contributed by atoms with van der Waals surface area (Å²) < 4.78 is 15.4. The van der Waals surface area contributed by atoms with E-state index in [1.54, 1.807) is 21.3 Å². The van der Waals surface area contributed by atoms with Crippen molar-refractivity contribution >= 4 is 14.8 Å². The number of aliphatic carboxylic acids is 1. The van der Waals surface area contributed by atoms with E-state index in [0.717, 1.165) is 0 Å². The minimum atomic E-state index is -2.40. The van der Waals surface area contributed by atoms with E-state index in [2.05, 4.69) is 6.58 Å². The Bertz CT molecular complexity index is 207. The average Bonchev–Trinajstić information content (AvgIpc) is 2.32. The molecule has 7 heteroatoms. The first-order valence-corrected chi connectivity index (χ1v) is 6.97. The van der Waals surface area contributed by atoms with Crippen LogP contribution >= 0.6 is 0 Å². The third-order valence-electron chi connectivity index (χ3n) is 1.94. The van der Waals surface area contributed by atoms with E-state index in [1.165, 1.54) is 6.92 Å². The molecule has 0 rings (SSSR count). The minimum absolute atomic E-state index is 0.144. The number of hydrogen-bond acceptors (Lipinski definition) is 5. The Morgan fingerprint density at radius 3 is 1.76 bits per heavy atom. The maximum atomic E-state index is 9.60. The molecular weight excluding hydrogens is 244 g/mol. The monoisotopic (exact) mass is 266 g/mol. The predicted molar refractivity (Wildman–Crippen MR) is 65.7 cm³/mol. The number of hydrogen-bond donors (Lipinski definition) is 2. The predicted octanol–water partition coefficient (Wildman–Crippen LogP) is 0.894. The highest BCUT2D eigenvalue weighted by atomic mass is 28.4. The lowest BCUT2D eigenvalue weighted by Gasteiger charge is -2.23. The molecule has 0 aliphatic rings. The van der Waals surface area contributed by atoms with Crippen LogP contribution in [0.15, 0.2) is 12.2 Å². The van der Waals surface area contributed by atoms with Gasteiger partial charge in [-0.1, -0.05) is 6.58 Å². The zero-order chi connectivity index (χ0) is 13.9. The summed E-state index contributed by atoms with van der Waals surface area (Å²) in [5, 5.41) is 16.5. The second-order valence-corrected chi connectivity index (χ2v) is 6.30. The van der Waals surface area contributed by atoms with Crippen LogP contribution in [0.25, 0.3) is 0 Å². The minimum Gasteiger partial charge on any atom is -0.478 e. The van der Waals surface area contributed by atoms with Crippen molar-refractivity contribution in [2.75, 3.05) is 27.9 Å². The molecule has 0 saturated heterocycles. The summed E-state index contributed by atoms with van der Waals surface area (Å²) in [6.07, 6.45) is 0.655. The molecule has 0 fully saturated rings. The van der Waals surface area contributed by atoms with Crippen molar-refractivity contribution in [3.63, 3.8) is 0 Å². The fraction of sp³-hybridized carbons (Fsp3) is 0.700. The first kappa shape index (κ1) is 18.6. The van der Waals surface area contributed by atoms with Gasteiger partial charge in [0.15, 0.2) is 0 Å². The smallest absolute Gasteiger partial charge is 0.478 e. The van der Waals surface area contributed by atoms with Gasteiger partial charge >= 0.3 is 14.8 Å². The normalized spacial score (nSPS) is 10.4. The molecule has 0 aliphatic carbocycles. The first-order valence-electron chi connectivity index (χ1n) is 5.04. The molecule has 0 amide bonds. The van der Waals surface area contributed by atoms with Crippen LogP contribution in [0.1, 0.15) is 13.3 Å². The Morgan fingerprint density at radius 2 is 1.59 bits per heavy atom. The summed E-state index contributed by atoms with van der Waals surface area (Å²) in [6, 6.07) is 0.660.